The monoisotopic (exact) mass is 191 g/mol. The summed E-state index contributed by atoms with van der Waals surface area (Å²) in [5.41, 5.74) is 0. The van der Waals surface area contributed by atoms with Gasteiger partial charge in [0.15, 0.2) is 0 Å². The van der Waals surface area contributed by atoms with E-state index in [2.05, 4.69) is 26.1 Å². The first-order valence-electron chi connectivity index (χ1n) is 4.40. The summed E-state index contributed by atoms with van der Waals surface area (Å²) in [6.07, 6.45) is 0.423. The molecular formula is C9H18ClNO. The van der Waals surface area contributed by atoms with Crippen LogP contribution in [0.2, 0.25) is 0 Å². The van der Waals surface area contributed by atoms with Gasteiger partial charge in [-0.3, -0.25) is 4.79 Å². The number of hydrogen-bond acceptors (Lipinski definition) is 1. The molecule has 0 aromatic rings. The number of hydrogen-bond donors (Lipinski definition) is 1. The van der Waals surface area contributed by atoms with Crippen LogP contribution in [0, 0.1) is 11.8 Å². The zero-order valence-electron chi connectivity index (χ0n) is 8.06. The molecule has 0 aliphatic carbocycles. The molecule has 0 bridgehead atoms. The van der Waals surface area contributed by atoms with Crippen LogP contribution < -0.4 is 5.32 Å². The van der Waals surface area contributed by atoms with Crippen LogP contribution in [-0.2, 0) is 4.79 Å². The van der Waals surface area contributed by atoms with Crippen LogP contribution >= 0.6 is 11.6 Å². The Morgan fingerprint density at radius 3 is 2.42 bits per heavy atom. The smallest absolute Gasteiger partial charge is 0.221 e. The van der Waals surface area contributed by atoms with E-state index in [0.29, 0.717) is 24.1 Å². The Bertz CT molecular complexity index is 136. The number of amides is 1. The summed E-state index contributed by atoms with van der Waals surface area (Å²) in [4.78, 5) is 11.0. The van der Waals surface area contributed by atoms with Crippen molar-refractivity contribution < 1.29 is 4.79 Å². The highest BCUT2D eigenvalue weighted by Gasteiger charge is 2.07. The maximum absolute atomic E-state index is 11.0. The van der Waals surface area contributed by atoms with Gasteiger partial charge in [0.1, 0.15) is 0 Å². The number of rotatable bonds is 5. The first kappa shape index (κ1) is 11.8. The highest BCUT2D eigenvalue weighted by Crippen LogP contribution is 2.07. The molecule has 1 unspecified atom stereocenters. The van der Waals surface area contributed by atoms with E-state index in [1.165, 1.54) is 0 Å². The standard InChI is InChI=1S/C9H18ClNO/c1-7(2)8(3)6-11-9(12)4-5-10/h7-8H,4-6H2,1-3H3,(H,11,12). The summed E-state index contributed by atoms with van der Waals surface area (Å²) in [6.45, 7) is 7.19. The van der Waals surface area contributed by atoms with Crippen LogP contribution in [0.3, 0.4) is 0 Å². The third-order valence-electron chi connectivity index (χ3n) is 2.08. The first-order valence-corrected chi connectivity index (χ1v) is 4.94. The third kappa shape index (κ3) is 5.42. The van der Waals surface area contributed by atoms with Crippen LogP contribution in [0.1, 0.15) is 27.2 Å². The summed E-state index contributed by atoms with van der Waals surface area (Å²) >= 11 is 5.41. The summed E-state index contributed by atoms with van der Waals surface area (Å²) in [6, 6.07) is 0. The van der Waals surface area contributed by atoms with E-state index in [4.69, 9.17) is 11.6 Å². The molecule has 0 rings (SSSR count). The van der Waals surface area contributed by atoms with Crippen LogP contribution in [-0.4, -0.2) is 18.3 Å². The maximum Gasteiger partial charge on any atom is 0.221 e. The van der Waals surface area contributed by atoms with Gasteiger partial charge < -0.3 is 5.32 Å². The van der Waals surface area contributed by atoms with E-state index < -0.39 is 0 Å². The van der Waals surface area contributed by atoms with Crippen LogP contribution in [0.5, 0.6) is 0 Å². The fourth-order valence-electron chi connectivity index (χ4n) is 0.685. The molecule has 2 nitrogen and oxygen atoms in total. The van der Waals surface area contributed by atoms with Gasteiger partial charge in [-0.1, -0.05) is 20.8 Å². The molecule has 0 spiro atoms. The van der Waals surface area contributed by atoms with Crippen LogP contribution in [0.25, 0.3) is 0 Å². The molecule has 72 valence electrons. The molecule has 1 atom stereocenters. The average Bonchev–Trinajstić information content (AvgIpc) is 2.00. The summed E-state index contributed by atoms with van der Waals surface area (Å²) < 4.78 is 0. The molecule has 0 heterocycles. The highest BCUT2D eigenvalue weighted by molar-refractivity contribution is 6.18. The Balaban J connectivity index is 3.47. The van der Waals surface area contributed by atoms with Gasteiger partial charge in [-0.2, -0.15) is 0 Å². The van der Waals surface area contributed by atoms with Crippen molar-refractivity contribution in [2.45, 2.75) is 27.2 Å². The normalized spacial score (nSPS) is 13.1. The maximum atomic E-state index is 11.0. The molecular weight excluding hydrogens is 174 g/mol. The zero-order chi connectivity index (χ0) is 9.56. The predicted octanol–water partition coefficient (Wildman–Crippen LogP) is 2.02. The van der Waals surface area contributed by atoms with Crippen molar-refractivity contribution in [3.05, 3.63) is 0 Å². The van der Waals surface area contributed by atoms with E-state index in [0.717, 1.165) is 6.54 Å². The second-order valence-corrected chi connectivity index (χ2v) is 3.84. The zero-order valence-corrected chi connectivity index (χ0v) is 8.82. The number of nitrogens with one attached hydrogen (secondary N) is 1. The van der Waals surface area contributed by atoms with Gasteiger partial charge >= 0.3 is 0 Å². The fraction of sp³-hybridized carbons (Fsp3) is 0.889. The predicted molar refractivity (Wildman–Crippen MR) is 52.3 cm³/mol. The molecule has 0 aromatic heterocycles. The SMILES string of the molecule is CC(C)C(C)CNC(=O)CCCl. The quantitative estimate of drug-likeness (QED) is 0.662. The molecule has 3 heteroatoms. The molecule has 0 fully saturated rings. The number of alkyl halides is 1. The van der Waals surface area contributed by atoms with Gasteiger partial charge in [0, 0.05) is 18.8 Å². The van der Waals surface area contributed by atoms with Gasteiger partial charge in [0.05, 0.1) is 0 Å². The van der Waals surface area contributed by atoms with E-state index in [-0.39, 0.29) is 5.91 Å². The van der Waals surface area contributed by atoms with Gasteiger partial charge in [-0.15, -0.1) is 11.6 Å². The molecule has 0 saturated carbocycles. The van der Waals surface area contributed by atoms with Crippen molar-refractivity contribution in [2.75, 3.05) is 12.4 Å². The van der Waals surface area contributed by atoms with Crippen molar-refractivity contribution in [1.82, 2.24) is 5.32 Å². The lowest BCUT2D eigenvalue weighted by Gasteiger charge is -2.15. The molecule has 0 radical (unpaired) electrons. The van der Waals surface area contributed by atoms with Crippen LogP contribution in [0.15, 0.2) is 0 Å². The van der Waals surface area contributed by atoms with Crippen molar-refractivity contribution in [2.24, 2.45) is 11.8 Å². The second-order valence-electron chi connectivity index (χ2n) is 3.46. The number of carbonyl (C=O) groups is 1. The van der Waals surface area contributed by atoms with Crippen molar-refractivity contribution >= 4 is 17.5 Å². The summed E-state index contributed by atoms with van der Waals surface area (Å²) in [5, 5.41) is 2.84. The fourth-order valence-corrected chi connectivity index (χ4v) is 0.856. The Morgan fingerprint density at radius 2 is 2.00 bits per heavy atom. The largest absolute Gasteiger partial charge is 0.356 e. The molecule has 0 aliphatic rings. The lowest BCUT2D eigenvalue weighted by atomic mass is 9.98. The minimum atomic E-state index is 0.0532. The topological polar surface area (TPSA) is 29.1 Å². The molecule has 0 aromatic carbocycles. The third-order valence-corrected chi connectivity index (χ3v) is 2.27. The lowest BCUT2D eigenvalue weighted by Crippen LogP contribution is -2.30. The molecule has 1 N–H and O–H groups in total. The van der Waals surface area contributed by atoms with Gasteiger partial charge in [-0.05, 0) is 11.8 Å². The Hall–Kier alpha value is -0.240. The summed E-state index contributed by atoms with van der Waals surface area (Å²) in [5.74, 6) is 1.60. The van der Waals surface area contributed by atoms with Crippen LogP contribution in [0.4, 0.5) is 0 Å². The summed E-state index contributed by atoms with van der Waals surface area (Å²) in [7, 11) is 0. The Labute approximate surface area is 79.7 Å². The van der Waals surface area contributed by atoms with E-state index >= 15 is 0 Å². The minimum Gasteiger partial charge on any atom is -0.356 e. The van der Waals surface area contributed by atoms with E-state index in [1.807, 2.05) is 0 Å². The second kappa shape index (κ2) is 6.30. The molecule has 1 amide bonds. The Morgan fingerprint density at radius 1 is 1.42 bits per heavy atom. The molecule has 0 aliphatic heterocycles. The van der Waals surface area contributed by atoms with Crippen molar-refractivity contribution in [3.63, 3.8) is 0 Å². The van der Waals surface area contributed by atoms with Gasteiger partial charge in [0.25, 0.3) is 0 Å². The number of carbonyl (C=O) groups excluding carboxylic acids is 1. The van der Waals surface area contributed by atoms with Gasteiger partial charge in [-0.25, -0.2) is 0 Å². The van der Waals surface area contributed by atoms with E-state index in [9.17, 15) is 4.79 Å². The average molecular weight is 192 g/mol. The lowest BCUT2D eigenvalue weighted by molar-refractivity contribution is -0.120. The van der Waals surface area contributed by atoms with Crippen molar-refractivity contribution in [1.29, 1.82) is 0 Å². The number of halogens is 1. The first-order chi connectivity index (χ1) is 5.57. The van der Waals surface area contributed by atoms with Crippen molar-refractivity contribution in [3.8, 4) is 0 Å². The minimum absolute atomic E-state index is 0.0532. The van der Waals surface area contributed by atoms with Gasteiger partial charge in [0.2, 0.25) is 5.91 Å². The molecule has 0 saturated heterocycles. The Kier molecular flexibility index (Phi) is 6.17. The molecule has 12 heavy (non-hydrogen) atoms. The van der Waals surface area contributed by atoms with E-state index in [1.54, 1.807) is 0 Å². The highest BCUT2D eigenvalue weighted by atomic mass is 35.5.